The van der Waals surface area contributed by atoms with Gasteiger partial charge in [0.05, 0.1) is 17.0 Å². The molecule has 0 unspecified atom stereocenters. The maximum absolute atomic E-state index is 12.5. The molecule has 0 fully saturated rings. The minimum atomic E-state index is -0.0880. The molecule has 4 nitrogen and oxygen atoms in total. The maximum atomic E-state index is 12.5. The zero-order chi connectivity index (χ0) is 19.2. The number of benzene rings is 3. The summed E-state index contributed by atoms with van der Waals surface area (Å²) < 4.78 is 5.90. The molecule has 5 heteroatoms. The number of hydrogen-bond donors (Lipinski definition) is 1. The summed E-state index contributed by atoms with van der Waals surface area (Å²) in [5.74, 6) is 1.55. The van der Waals surface area contributed by atoms with Crippen LogP contribution in [0.3, 0.4) is 0 Å². The number of para-hydroxylation sites is 4. The second-order valence-electron chi connectivity index (χ2n) is 6.07. The Hall–Kier alpha value is -3.31. The number of anilines is 1. The smallest absolute Gasteiger partial charge is 0.234 e. The van der Waals surface area contributed by atoms with E-state index in [0.717, 1.165) is 21.5 Å². The number of nitrogens with one attached hydrogen (secondary N) is 1. The van der Waals surface area contributed by atoms with Crippen LogP contribution in [0.2, 0.25) is 0 Å². The number of carbonyl (C=O) groups is 1. The number of thioether (sulfide) groups is 1. The number of ether oxygens (including phenoxy) is 1. The van der Waals surface area contributed by atoms with Crippen molar-refractivity contribution in [1.82, 2.24) is 4.98 Å². The summed E-state index contributed by atoms with van der Waals surface area (Å²) in [5.41, 5.74) is 1.58. The van der Waals surface area contributed by atoms with Crippen molar-refractivity contribution in [2.24, 2.45) is 0 Å². The Morgan fingerprint density at radius 3 is 2.54 bits per heavy atom. The zero-order valence-corrected chi connectivity index (χ0v) is 15.9. The summed E-state index contributed by atoms with van der Waals surface area (Å²) >= 11 is 1.49. The lowest BCUT2D eigenvalue weighted by molar-refractivity contribution is -0.113. The Morgan fingerprint density at radius 2 is 1.64 bits per heavy atom. The van der Waals surface area contributed by atoms with Crippen molar-refractivity contribution < 1.29 is 9.53 Å². The second-order valence-corrected chi connectivity index (χ2v) is 7.09. The molecule has 28 heavy (non-hydrogen) atoms. The average Bonchev–Trinajstić information content (AvgIpc) is 2.74. The van der Waals surface area contributed by atoms with Crippen LogP contribution in [0.5, 0.6) is 11.5 Å². The first-order valence-electron chi connectivity index (χ1n) is 8.88. The highest BCUT2D eigenvalue weighted by Crippen LogP contribution is 2.30. The van der Waals surface area contributed by atoms with Crippen molar-refractivity contribution in [3.63, 3.8) is 0 Å². The molecule has 0 bridgehead atoms. The quantitative estimate of drug-likeness (QED) is 0.428. The fourth-order valence-electron chi connectivity index (χ4n) is 2.80. The van der Waals surface area contributed by atoms with Crippen molar-refractivity contribution in [3.8, 4) is 11.5 Å². The van der Waals surface area contributed by atoms with Crippen molar-refractivity contribution in [3.05, 3.63) is 91.1 Å². The van der Waals surface area contributed by atoms with Gasteiger partial charge in [-0.15, -0.1) is 11.8 Å². The molecule has 4 rings (SSSR count). The van der Waals surface area contributed by atoms with Crippen molar-refractivity contribution >= 4 is 34.3 Å². The van der Waals surface area contributed by atoms with E-state index >= 15 is 0 Å². The molecule has 0 aliphatic carbocycles. The van der Waals surface area contributed by atoms with Crippen LogP contribution >= 0.6 is 11.8 Å². The van der Waals surface area contributed by atoms with Crippen LogP contribution in [0, 0.1) is 0 Å². The minimum Gasteiger partial charge on any atom is -0.455 e. The molecular weight excluding hydrogens is 368 g/mol. The molecule has 1 N–H and O–H groups in total. The van der Waals surface area contributed by atoms with Gasteiger partial charge in [0.15, 0.2) is 5.75 Å². The molecule has 0 saturated heterocycles. The third-order valence-electron chi connectivity index (χ3n) is 4.10. The van der Waals surface area contributed by atoms with Gasteiger partial charge in [0.25, 0.3) is 0 Å². The topological polar surface area (TPSA) is 51.2 Å². The van der Waals surface area contributed by atoms with Crippen LogP contribution < -0.4 is 10.1 Å². The van der Waals surface area contributed by atoms with E-state index in [1.165, 1.54) is 11.8 Å². The third-order valence-corrected chi connectivity index (χ3v) is 5.17. The van der Waals surface area contributed by atoms with Gasteiger partial charge in [-0.1, -0.05) is 48.5 Å². The molecule has 1 heterocycles. The summed E-state index contributed by atoms with van der Waals surface area (Å²) in [7, 11) is 0. The lowest BCUT2D eigenvalue weighted by Gasteiger charge is -2.12. The Morgan fingerprint density at radius 1 is 0.893 bits per heavy atom. The van der Waals surface area contributed by atoms with Gasteiger partial charge in [-0.2, -0.15) is 0 Å². The fourth-order valence-corrected chi connectivity index (χ4v) is 3.64. The molecule has 3 aromatic carbocycles. The molecule has 0 saturated carbocycles. The van der Waals surface area contributed by atoms with E-state index in [2.05, 4.69) is 10.3 Å². The third kappa shape index (κ3) is 4.32. The summed E-state index contributed by atoms with van der Waals surface area (Å²) in [5, 5.41) is 4.00. The van der Waals surface area contributed by atoms with Crippen LogP contribution in [0.1, 0.15) is 0 Å². The van der Waals surface area contributed by atoms with E-state index in [0.29, 0.717) is 17.2 Å². The fraction of sp³-hybridized carbons (Fsp3) is 0.0435. The maximum Gasteiger partial charge on any atom is 0.234 e. The van der Waals surface area contributed by atoms with Crippen LogP contribution in [0.4, 0.5) is 5.69 Å². The largest absolute Gasteiger partial charge is 0.455 e. The first-order valence-corrected chi connectivity index (χ1v) is 9.86. The number of carbonyl (C=O) groups excluding carboxylic acids is 1. The van der Waals surface area contributed by atoms with E-state index in [9.17, 15) is 4.79 Å². The Balaban J connectivity index is 1.44. The average molecular weight is 386 g/mol. The van der Waals surface area contributed by atoms with Crippen LogP contribution in [0.25, 0.3) is 10.9 Å². The molecule has 0 radical (unpaired) electrons. The standard InChI is InChI=1S/C23H18N2O2S/c26-23(16-28-22-14-15-24-19-11-5-4-10-18(19)22)25-20-12-6-7-13-21(20)27-17-8-2-1-3-9-17/h1-15H,16H2,(H,25,26). The van der Waals surface area contributed by atoms with E-state index in [4.69, 9.17) is 4.74 Å². The van der Waals surface area contributed by atoms with Gasteiger partial charge < -0.3 is 10.1 Å². The van der Waals surface area contributed by atoms with Crippen molar-refractivity contribution in [1.29, 1.82) is 0 Å². The van der Waals surface area contributed by atoms with Gasteiger partial charge in [-0.05, 0) is 36.4 Å². The van der Waals surface area contributed by atoms with Gasteiger partial charge in [0, 0.05) is 16.5 Å². The Bertz CT molecular complexity index is 1090. The molecular formula is C23H18N2O2S. The first kappa shape index (κ1) is 18.1. The predicted octanol–water partition coefficient (Wildman–Crippen LogP) is 5.76. The molecule has 1 amide bonds. The van der Waals surface area contributed by atoms with E-state index in [1.807, 2.05) is 84.9 Å². The number of nitrogens with zero attached hydrogens (tertiary/aromatic N) is 1. The van der Waals surface area contributed by atoms with E-state index in [-0.39, 0.29) is 5.91 Å². The van der Waals surface area contributed by atoms with Gasteiger partial charge >= 0.3 is 0 Å². The lowest BCUT2D eigenvalue weighted by atomic mass is 10.2. The van der Waals surface area contributed by atoms with Gasteiger partial charge in [0.2, 0.25) is 5.91 Å². The Labute approximate surface area is 167 Å². The number of pyridine rings is 1. The Kier molecular flexibility index (Phi) is 5.54. The molecule has 0 aliphatic rings. The number of fused-ring (bicyclic) bond motifs is 1. The van der Waals surface area contributed by atoms with Gasteiger partial charge in [-0.3, -0.25) is 9.78 Å². The summed E-state index contributed by atoms with van der Waals surface area (Å²) in [6, 6.07) is 26.8. The number of amides is 1. The van der Waals surface area contributed by atoms with E-state index < -0.39 is 0 Å². The lowest BCUT2D eigenvalue weighted by Crippen LogP contribution is -2.14. The SMILES string of the molecule is O=C(CSc1ccnc2ccccc12)Nc1ccccc1Oc1ccccc1. The summed E-state index contributed by atoms with van der Waals surface area (Å²) in [6.45, 7) is 0. The second kappa shape index (κ2) is 8.59. The zero-order valence-electron chi connectivity index (χ0n) is 15.0. The molecule has 0 atom stereocenters. The predicted molar refractivity (Wildman–Crippen MR) is 114 cm³/mol. The summed E-state index contributed by atoms with van der Waals surface area (Å²) in [4.78, 5) is 17.9. The van der Waals surface area contributed by atoms with E-state index in [1.54, 1.807) is 6.20 Å². The highest BCUT2D eigenvalue weighted by Gasteiger charge is 2.10. The molecule has 1 aromatic heterocycles. The minimum absolute atomic E-state index is 0.0880. The first-order chi connectivity index (χ1) is 13.8. The molecule has 0 spiro atoms. The highest BCUT2D eigenvalue weighted by molar-refractivity contribution is 8.00. The normalized spacial score (nSPS) is 10.6. The number of aromatic nitrogens is 1. The highest BCUT2D eigenvalue weighted by atomic mass is 32.2. The van der Waals surface area contributed by atoms with Gasteiger partial charge in [0.1, 0.15) is 5.75 Å². The molecule has 0 aliphatic heterocycles. The molecule has 4 aromatic rings. The van der Waals surface area contributed by atoms with Crippen LogP contribution in [-0.2, 0) is 4.79 Å². The molecule has 138 valence electrons. The number of hydrogen-bond acceptors (Lipinski definition) is 4. The van der Waals surface area contributed by atoms with Crippen LogP contribution in [0.15, 0.2) is 96.0 Å². The van der Waals surface area contributed by atoms with Gasteiger partial charge in [-0.25, -0.2) is 0 Å². The van der Waals surface area contributed by atoms with Crippen LogP contribution in [-0.4, -0.2) is 16.6 Å². The number of rotatable bonds is 6. The summed E-state index contributed by atoms with van der Waals surface area (Å²) in [6.07, 6.45) is 1.77. The monoisotopic (exact) mass is 386 g/mol. The van der Waals surface area contributed by atoms with Crippen molar-refractivity contribution in [2.45, 2.75) is 4.90 Å². The van der Waals surface area contributed by atoms with Crippen molar-refractivity contribution in [2.75, 3.05) is 11.1 Å².